The van der Waals surface area contributed by atoms with Gasteiger partial charge in [0.2, 0.25) is 11.8 Å². The van der Waals surface area contributed by atoms with Gasteiger partial charge in [-0.1, -0.05) is 29.8 Å². The van der Waals surface area contributed by atoms with Gasteiger partial charge in [-0.05, 0) is 37.8 Å². The van der Waals surface area contributed by atoms with E-state index in [1.807, 2.05) is 6.08 Å². The summed E-state index contributed by atoms with van der Waals surface area (Å²) in [6.45, 7) is 1.23. The maximum Gasteiger partial charge on any atom is 0.305 e. The zero-order valence-corrected chi connectivity index (χ0v) is 20.3. The van der Waals surface area contributed by atoms with Crippen LogP contribution in [0.1, 0.15) is 37.7 Å². The van der Waals surface area contributed by atoms with Crippen LogP contribution in [0, 0.1) is 17.8 Å². The normalized spacial score (nSPS) is 26.9. The van der Waals surface area contributed by atoms with Crippen molar-refractivity contribution < 1.29 is 38.9 Å². The first-order chi connectivity index (χ1) is 17.7. The first-order valence-corrected chi connectivity index (χ1v) is 12.3. The number of aliphatic carboxylic acids is 1. The monoisotopic (exact) mass is 505 g/mol. The van der Waals surface area contributed by atoms with Crippen molar-refractivity contribution in [2.24, 2.45) is 17.8 Å². The molecule has 5 rings (SSSR count). The summed E-state index contributed by atoms with van der Waals surface area (Å²) >= 11 is 0. The molecule has 1 heterocycles. The minimum absolute atomic E-state index is 0.0419. The van der Waals surface area contributed by atoms with Crippen LogP contribution in [0.25, 0.3) is 0 Å². The van der Waals surface area contributed by atoms with Gasteiger partial charge in [0.15, 0.2) is 11.6 Å². The molecule has 37 heavy (non-hydrogen) atoms. The van der Waals surface area contributed by atoms with Crippen molar-refractivity contribution in [1.82, 2.24) is 4.90 Å². The lowest BCUT2D eigenvalue weighted by atomic mass is 9.59. The molecule has 192 valence electrons. The first kappa shape index (κ1) is 24.8. The second kappa shape index (κ2) is 9.55. The molecule has 4 aliphatic rings. The molecule has 4 unspecified atom stereocenters. The summed E-state index contributed by atoms with van der Waals surface area (Å²) in [6.07, 6.45) is 3.33. The number of hydrogen-bond acceptors (Lipinski definition) is 7. The number of likely N-dealkylation sites (tertiary alicyclic amines) is 1. The Kier molecular flexibility index (Phi) is 6.41. The van der Waals surface area contributed by atoms with E-state index in [0.717, 1.165) is 10.5 Å². The van der Waals surface area contributed by atoms with Crippen LogP contribution < -0.4 is 4.74 Å². The fourth-order valence-electron chi connectivity index (χ4n) is 6.24. The molecule has 2 N–H and O–H groups in total. The lowest BCUT2D eigenvalue weighted by molar-refractivity contribution is -0.142. The number of carbonyl (C=O) groups is 5. The topological polar surface area (TPSA) is 138 Å². The van der Waals surface area contributed by atoms with Crippen LogP contribution >= 0.6 is 0 Å². The number of aliphatic hydroxyl groups is 1. The summed E-state index contributed by atoms with van der Waals surface area (Å²) in [7, 11) is 0. The maximum absolute atomic E-state index is 13.5. The number of carbonyl (C=O) groups excluding carboxylic acids is 4. The Morgan fingerprint density at radius 1 is 1.11 bits per heavy atom. The molecule has 0 spiro atoms. The van der Waals surface area contributed by atoms with Gasteiger partial charge in [0, 0.05) is 34.7 Å². The average Bonchev–Trinajstić information content (AvgIpc) is 3.13. The minimum Gasteiger partial charge on any atom is -0.491 e. The number of para-hydroxylation sites is 1. The summed E-state index contributed by atoms with van der Waals surface area (Å²) in [5.74, 6) is -4.51. The number of rotatable bonds is 7. The van der Waals surface area contributed by atoms with E-state index >= 15 is 0 Å². The van der Waals surface area contributed by atoms with E-state index in [4.69, 9.17) is 9.84 Å². The number of ketones is 2. The third-order valence-corrected chi connectivity index (χ3v) is 7.78. The fraction of sp³-hybridized carbons (Fsp3) is 0.393. The third-order valence-electron chi connectivity index (χ3n) is 7.78. The van der Waals surface area contributed by atoms with Crippen LogP contribution in [0.3, 0.4) is 0 Å². The number of hydrogen-bond donors (Lipinski definition) is 2. The van der Waals surface area contributed by atoms with Crippen molar-refractivity contribution in [3.05, 3.63) is 64.3 Å². The fourth-order valence-corrected chi connectivity index (χ4v) is 6.24. The largest absolute Gasteiger partial charge is 0.491 e. The van der Waals surface area contributed by atoms with Gasteiger partial charge < -0.3 is 14.9 Å². The first-order valence-electron chi connectivity index (χ1n) is 12.3. The molecule has 2 amide bonds. The molecule has 9 heteroatoms. The van der Waals surface area contributed by atoms with Gasteiger partial charge in [-0.2, -0.15) is 0 Å². The van der Waals surface area contributed by atoms with Crippen LogP contribution in [0.4, 0.5) is 0 Å². The average molecular weight is 506 g/mol. The summed E-state index contributed by atoms with van der Waals surface area (Å²) in [5, 5.41) is 18.4. The number of allylic oxidation sites excluding steroid dienone is 6. The number of aliphatic hydroxyl groups excluding tert-OH is 1. The number of benzene rings is 1. The van der Waals surface area contributed by atoms with Crippen LogP contribution in [-0.4, -0.2) is 64.2 Å². The number of fused-ring (bicyclic) bond motifs is 3. The minimum atomic E-state index is -1.10. The molecule has 3 aliphatic carbocycles. The molecule has 1 fully saturated rings. The van der Waals surface area contributed by atoms with E-state index in [-0.39, 0.29) is 50.6 Å². The van der Waals surface area contributed by atoms with Crippen LogP contribution in [0.15, 0.2) is 58.7 Å². The third kappa shape index (κ3) is 4.03. The summed E-state index contributed by atoms with van der Waals surface area (Å²) in [5.41, 5.74) is 2.46. The van der Waals surface area contributed by atoms with Crippen LogP contribution in [0.5, 0.6) is 5.75 Å². The van der Waals surface area contributed by atoms with Gasteiger partial charge >= 0.3 is 5.97 Å². The van der Waals surface area contributed by atoms with E-state index in [9.17, 15) is 29.1 Å². The quantitative estimate of drug-likeness (QED) is 0.326. The van der Waals surface area contributed by atoms with E-state index in [1.165, 1.54) is 6.08 Å². The van der Waals surface area contributed by atoms with Crippen molar-refractivity contribution >= 4 is 29.4 Å². The van der Waals surface area contributed by atoms with Gasteiger partial charge in [-0.25, -0.2) is 0 Å². The van der Waals surface area contributed by atoms with E-state index in [2.05, 4.69) is 0 Å². The van der Waals surface area contributed by atoms with Gasteiger partial charge in [0.05, 0.1) is 24.9 Å². The molecule has 1 aromatic rings. The zero-order chi connectivity index (χ0) is 26.4. The van der Waals surface area contributed by atoms with Crippen molar-refractivity contribution in [1.29, 1.82) is 0 Å². The van der Waals surface area contributed by atoms with Crippen molar-refractivity contribution in [2.45, 2.75) is 32.1 Å². The van der Waals surface area contributed by atoms with Gasteiger partial charge in [0.1, 0.15) is 12.4 Å². The van der Waals surface area contributed by atoms with Crippen molar-refractivity contribution in [2.75, 3.05) is 19.8 Å². The van der Waals surface area contributed by atoms with Crippen molar-refractivity contribution in [3.63, 3.8) is 0 Å². The molecule has 0 bridgehead atoms. The molecule has 1 saturated heterocycles. The predicted octanol–water partition coefficient (Wildman–Crippen LogP) is 1.96. The number of amides is 2. The molecule has 1 aliphatic heterocycles. The smallest absolute Gasteiger partial charge is 0.305 e. The second-order valence-electron chi connectivity index (χ2n) is 9.81. The Morgan fingerprint density at radius 2 is 1.86 bits per heavy atom. The highest BCUT2D eigenvalue weighted by Crippen LogP contribution is 2.56. The Balaban J connectivity index is 1.63. The SMILES string of the molecule is CC1=CC(=O)C2=C(CC3C(=CCC4C(=O)N(CCC(=O)O)C(=O)C43)C2c2ccccc2OCCO)C1=O. The highest BCUT2D eigenvalue weighted by atomic mass is 16.5. The predicted molar refractivity (Wildman–Crippen MR) is 129 cm³/mol. The van der Waals surface area contributed by atoms with Crippen molar-refractivity contribution in [3.8, 4) is 5.75 Å². The second-order valence-corrected chi connectivity index (χ2v) is 9.81. The molecular weight excluding hydrogens is 478 g/mol. The molecule has 1 aromatic carbocycles. The van der Waals surface area contributed by atoms with Gasteiger partial charge in [0.25, 0.3) is 0 Å². The number of carboxylic acid groups (broad SMARTS) is 1. The van der Waals surface area contributed by atoms with Crippen LogP contribution in [-0.2, 0) is 24.0 Å². The molecule has 4 atom stereocenters. The Morgan fingerprint density at radius 3 is 2.59 bits per heavy atom. The lowest BCUT2D eigenvalue weighted by Crippen LogP contribution is -2.40. The molecule has 0 saturated carbocycles. The maximum atomic E-state index is 13.5. The highest BCUT2D eigenvalue weighted by Gasteiger charge is 2.56. The van der Waals surface area contributed by atoms with Gasteiger partial charge in [-0.3, -0.25) is 28.9 Å². The van der Waals surface area contributed by atoms with Crippen LogP contribution in [0.2, 0.25) is 0 Å². The van der Waals surface area contributed by atoms with E-state index < -0.39 is 41.5 Å². The summed E-state index contributed by atoms with van der Waals surface area (Å²) in [6, 6.07) is 7.11. The molecule has 0 radical (unpaired) electrons. The number of ether oxygens (including phenoxy) is 1. The molecular formula is C28H27NO8. The zero-order valence-electron chi connectivity index (χ0n) is 20.3. The molecule has 9 nitrogen and oxygen atoms in total. The summed E-state index contributed by atoms with van der Waals surface area (Å²) < 4.78 is 5.78. The van der Waals surface area contributed by atoms with Gasteiger partial charge in [-0.15, -0.1) is 0 Å². The molecule has 0 aromatic heterocycles. The Bertz CT molecular complexity index is 1320. The Hall–Kier alpha value is -3.85. The van der Waals surface area contributed by atoms with E-state index in [1.54, 1.807) is 31.2 Å². The number of carboxylic acids is 1. The number of nitrogens with zero attached hydrogens (tertiary/aromatic N) is 1. The van der Waals surface area contributed by atoms with E-state index in [0.29, 0.717) is 28.0 Å². The highest BCUT2D eigenvalue weighted by molar-refractivity contribution is 6.23. The standard InChI is InChI=1S/C28H27NO8/c1-14-12-20(31)25-19(26(14)34)13-18-15(23(25)16-4-2-3-5-21(16)37-11-10-30)6-7-17-24(18)28(36)29(27(17)35)9-8-22(32)33/h2-6,12,17-18,23-24,30H,7-11,13H2,1H3,(H,32,33). The lowest BCUT2D eigenvalue weighted by Gasteiger charge is -2.42. The Labute approximate surface area is 213 Å². The number of imide groups is 1. The number of Topliss-reactive ketones (excluding diaryl/α,β-unsaturated/α-hetero) is 1. The summed E-state index contributed by atoms with van der Waals surface area (Å²) in [4.78, 5) is 65.4.